The van der Waals surface area contributed by atoms with Crippen LogP contribution < -0.4 is 10.1 Å². The lowest BCUT2D eigenvalue weighted by molar-refractivity contribution is -0.137. The number of benzene rings is 2. The Hall–Kier alpha value is -3.22. The summed E-state index contributed by atoms with van der Waals surface area (Å²) < 4.78 is 48.4. The van der Waals surface area contributed by atoms with E-state index in [1.165, 1.54) is 18.4 Å². The summed E-state index contributed by atoms with van der Waals surface area (Å²) >= 11 is 0. The summed E-state index contributed by atoms with van der Waals surface area (Å²) in [7, 11) is 0. The van der Waals surface area contributed by atoms with Gasteiger partial charge in [0.05, 0.1) is 11.8 Å². The van der Waals surface area contributed by atoms with Gasteiger partial charge in [-0.05, 0) is 42.0 Å². The molecule has 3 aromatic rings. The quantitative estimate of drug-likeness (QED) is 0.686. The molecular weight excluding hydrogens is 359 g/mol. The fourth-order valence-corrected chi connectivity index (χ4v) is 2.51. The van der Waals surface area contributed by atoms with Crippen LogP contribution >= 0.6 is 0 Å². The van der Waals surface area contributed by atoms with Crippen LogP contribution in [0.15, 0.2) is 77.4 Å². The summed E-state index contributed by atoms with van der Waals surface area (Å²) in [6.07, 6.45) is -2.90. The zero-order valence-corrected chi connectivity index (χ0v) is 14.1. The summed E-state index contributed by atoms with van der Waals surface area (Å²) in [5, 5.41) is 2.80. The molecule has 0 fully saturated rings. The number of carbonyl (C=O) groups is 1. The van der Waals surface area contributed by atoms with E-state index in [2.05, 4.69) is 5.32 Å². The largest absolute Gasteiger partial charge is 0.484 e. The number of hydrogen-bond donors (Lipinski definition) is 1. The van der Waals surface area contributed by atoms with Crippen LogP contribution in [-0.4, -0.2) is 12.5 Å². The van der Waals surface area contributed by atoms with Gasteiger partial charge in [0, 0.05) is 0 Å². The Balaban J connectivity index is 1.63. The average Bonchev–Trinajstić information content (AvgIpc) is 3.19. The topological polar surface area (TPSA) is 51.5 Å². The number of hydrogen-bond acceptors (Lipinski definition) is 3. The van der Waals surface area contributed by atoms with Crippen molar-refractivity contribution in [2.24, 2.45) is 0 Å². The first-order valence-electron chi connectivity index (χ1n) is 8.11. The van der Waals surface area contributed by atoms with E-state index in [-0.39, 0.29) is 12.4 Å². The normalized spacial score (nSPS) is 12.4. The van der Waals surface area contributed by atoms with Crippen molar-refractivity contribution >= 4 is 5.91 Å². The van der Waals surface area contributed by atoms with Gasteiger partial charge in [0.1, 0.15) is 17.6 Å². The van der Waals surface area contributed by atoms with Crippen molar-refractivity contribution in [2.45, 2.75) is 12.2 Å². The third kappa shape index (κ3) is 4.91. The highest BCUT2D eigenvalue weighted by Crippen LogP contribution is 2.30. The number of halogens is 3. The van der Waals surface area contributed by atoms with E-state index >= 15 is 0 Å². The summed E-state index contributed by atoms with van der Waals surface area (Å²) in [6, 6.07) is 16.4. The summed E-state index contributed by atoms with van der Waals surface area (Å²) in [4.78, 5) is 12.3. The highest BCUT2D eigenvalue weighted by molar-refractivity contribution is 5.78. The Bertz CT molecular complexity index is 860. The molecule has 0 aliphatic rings. The number of alkyl halides is 3. The first-order chi connectivity index (χ1) is 12.9. The Morgan fingerprint density at radius 3 is 2.30 bits per heavy atom. The predicted octanol–water partition coefficient (Wildman–Crippen LogP) is 4.58. The van der Waals surface area contributed by atoms with Crippen molar-refractivity contribution in [3.63, 3.8) is 0 Å². The maximum atomic E-state index is 12.6. The molecule has 0 radical (unpaired) electrons. The molecule has 0 spiro atoms. The lowest BCUT2D eigenvalue weighted by atomic mass is 10.0. The van der Waals surface area contributed by atoms with Crippen LogP contribution in [0, 0.1) is 0 Å². The van der Waals surface area contributed by atoms with Gasteiger partial charge in [-0.3, -0.25) is 4.79 Å². The Labute approximate surface area is 153 Å². The monoisotopic (exact) mass is 375 g/mol. The van der Waals surface area contributed by atoms with Gasteiger partial charge < -0.3 is 14.5 Å². The van der Waals surface area contributed by atoms with Crippen molar-refractivity contribution in [3.05, 3.63) is 89.9 Å². The lowest BCUT2D eigenvalue weighted by Gasteiger charge is -2.17. The molecule has 0 aliphatic carbocycles. The van der Waals surface area contributed by atoms with Crippen LogP contribution in [0.3, 0.4) is 0 Å². The standard InChI is InChI=1S/C20H16F3NO3/c21-20(22,23)15-8-10-16(11-9-15)27-13-18(25)24-19(17-7-4-12-26-17)14-5-2-1-3-6-14/h1-12,19H,13H2,(H,24,25). The highest BCUT2D eigenvalue weighted by atomic mass is 19.4. The zero-order valence-electron chi connectivity index (χ0n) is 14.1. The average molecular weight is 375 g/mol. The predicted molar refractivity (Wildman–Crippen MR) is 92.1 cm³/mol. The molecule has 0 bridgehead atoms. The summed E-state index contributed by atoms with van der Waals surface area (Å²) in [5.74, 6) is 0.302. The SMILES string of the molecule is O=C(COc1ccc(C(F)(F)F)cc1)NC(c1ccccc1)c1ccco1. The minimum Gasteiger partial charge on any atom is -0.484 e. The van der Waals surface area contributed by atoms with Crippen molar-refractivity contribution in [3.8, 4) is 5.75 Å². The smallest absolute Gasteiger partial charge is 0.416 e. The van der Waals surface area contributed by atoms with Crippen molar-refractivity contribution in [1.82, 2.24) is 5.32 Å². The number of amides is 1. The van der Waals surface area contributed by atoms with Crippen LogP contribution in [0.5, 0.6) is 5.75 Å². The second kappa shape index (κ2) is 7.99. The van der Waals surface area contributed by atoms with Gasteiger partial charge in [-0.25, -0.2) is 0 Å². The molecule has 1 aromatic heterocycles. The highest BCUT2D eigenvalue weighted by Gasteiger charge is 2.30. The molecule has 140 valence electrons. The van der Waals surface area contributed by atoms with Gasteiger partial charge in [0.2, 0.25) is 0 Å². The van der Waals surface area contributed by atoms with Crippen molar-refractivity contribution < 1.29 is 27.1 Å². The van der Waals surface area contributed by atoms with Gasteiger partial charge in [-0.1, -0.05) is 30.3 Å². The van der Waals surface area contributed by atoms with E-state index in [1.54, 1.807) is 12.1 Å². The van der Waals surface area contributed by atoms with E-state index in [1.807, 2.05) is 30.3 Å². The fraction of sp³-hybridized carbons (Fsp3) is 0.150. The summed E-state index contributed by atoms with van der Waals surface area (Å²) in [6.45, 7) is -0.338. The zero-order chi connectivity index (χ0) is 19.3. The molecule has 1 heterocycles. The Morgan fingerprint density at radius 2 is 1.70 bits per heavy atom. The first kappa shape index (κ1) is 18.6. The molecule has 1 N–H and O–H groups in total. The van der Waals surface area contributed by atoms with Gasteiger partial charge in [-0.15, -0.1) is 0 Å². The molecule has 1 atom stereocenters. The number of nitrogens with one attached hydrogen (secondary N) is 1. The van der Waals surface area contributed by atoms with Crippen LogP contribution in [-0.2, 0) is 11.0 Å². The van der Waals surface area contributed by atoms with E-state index in [0.29, 0.717) is 5.76 Å². The second-order valence-electron chi connectivity index (χ2n) is 5.74. The van der Waals surface area contributed by atoms with Gasteiger partial charge >= 0.3 is 6.18 Å². The van der Waals surface area contributed by atoms with Crippen molar-refractivity contribution in [1.29, 1.82) is 0 Å². The van der Waals surface area contributed by atoms with E-state index < -0.39 is 23.7 Å². The van der Waals surface area contributed by atoms with E-state index in [4.69, 9.17) is 9.15 Å². The molecule has 1 amide bonds. The first-order valence-corrected chi connectivity index (χ1v) is 8.11. The molecule has 4 nitrogen and oxygen atoms in total. The van der Waals surface area contributed by atoms with Crippen molar-refractivity contribution in [2.75, 3.05) is 6.61 Å². The minimum absolute atomic E-state index is 0.174. The maximum absolute atomic E-state index is 12.6. The van der Waals surface area contributed by atoms with E-state index in [0.717, 1.165) is 17.7 Å². The molecule has 0 saturated heterocycles. The molecule has 3 rings (SSSR count). The number of carbonyl (C=O) groups excluding carboxylic acids is 1. The van der Waals surface area contributed by atoms with Crippen LogP contribution in [0.4, 0.5) is 13.2 Å². The fourth-order valence-electron chi connectivity index (χ4n) is 2.51. The van der Waals surface area contributed by atoms with E-state index in [9.17, 15) is 18.0 Å². The third-order valence-corrected chi connectivity index (χ3v) is 3.82. The molecule has 2 aromatic carbocycles. The second-order valence-corrected chi connectivity index (χ2v) is 5.74. The molecule has 1 unspecified atom stereocenters. The maximum Gasteiger partial charge on any atom is 0.416 e. The molecule has 27 heavy (non-hydrogen) atoms. The molecule has 7 heteroatoms. The molecule has 0 aliphatic heterocycles. The van der Waals surface area contributed by atoms with Gasteiger partial charge in [-0.2, -0.15) is 13.2 Å². The molecular formula is C20H16F3NO3. The van der Waals surface area contributed by atoms with Crippen LogP contribution in [0.2, 0.25) is 0 Å². The number of rotatable bonds is 6. The third-order valence-electron chi connectivity index (χ3n) is 3.82. The van der Waals surface area contributed by atoms with Crippen LogP contribution in [0.1, 0.15) is 22.9 Å². The van der Waals surface area contributed by atoms with Crippen LogP contribution in [0.25, 0.3) is 0 Å². The Kier molecular flexibility index (Phi) is 5.49. The number of ether oxygens (including phenoxy) is 1. The summed E-state index contributed by atoms with van der Waals surface area (Å²) in [5.41, 5.74) is 0.0524. The number of furan rings is 1. The minimum atomic E-state index is -4.41. The van der Waals surface area contributed by atoms with Gasteiger partial charge in [0.25, 0.3) is 5.91 Å². The lowest BCUT2D eigenvalue weighted by Crippen LogP contribution is -2.33. The Morgan fingerprint density at radius 1 is 1.00 bits per heavy atom. The molecule has 0 saturated carbocycles. The van der Waals surface area contributed by atoms with Gasteiger partial charge in [0.15, 0.2) is 6.61 Å².